The van der Waals surface area contributed by atoms with Crippen LogP contribution in [0.2, 0.25) is 0 Å². The molecule has 5 heteroatoms. The Hall–Kier alpha value is -1.49. The number of nitrogens with one attached hydrogen (secondary N) is 1. The second kappa shape index (κ2) is 7.73. The number of hydrogen-bond acceptors (Lipinski definition) is 5. The van der Waals surface area contributed by atoms with E-state index in [1.807, 2.05) is 6.07 Å². The minimum atomic E-state index is 0.370. The first-order valence-corrected chi connectivity index (χ1v) is 6.07. The molecule has 0 spiro atoms. The van der Waals surface area contributed by atoms with E-state index in [-0.39, 0.29) is 0 Å². The number of ether oxygens (including phenoxy) is 1. The standard InChI is InChI=1S/C12H22N4O/c1-2-3-8-17-9-4-7-15-11-6-5-10(13)12(14)16-11/h5-6H,2-4,7-9,13H2,1H3,(H3,14,15,16). The molecule has 0 aromatic carbocycles. The van der Waals surface area contributed by atoms with Crippen LogP contribution < -0.4 is 16.8 Å². The Kier molecular flexibility index (Phi) is 6.17. The molecule has 1 aromatic heterocycles. The van der Waals surface area contributed by atoms with Gasteiger partial charge in [-0.25, -0.2) is 4.98 Å². The monoisotopic (exact) mass is 238 g/mol. The molecule has 5 N–H and O–H groups in total. The van der Waals surface area contributed by atoms with Crippen LogP contribution in [-0.4, -0.2) is 24.7 Å². The molecule has 17 heavy (non-hydrogen) atoms. The van der Waals surface area contributed by atoms with Crippen LogP contribution in [0.4, 0.5) is 17.3 Å². The normalized spacial score (nSPS) is 10.4. The molecule has 0 aliphatic carbocycles. The summed E-state index contributed by atoms with van der Waals surface area (Å²) in [6.07, 6.45) is 3.26. The SMILES string of the molecule is CCCCOCCCNc1ccc(N)c(N)n1. The molecule has 0 aliphatic rings. The van der Waals surface area contributed by atoms with E-state index < -0.39 is 0 Å². The van der Waals surface area contributed by atoms with Crippen molar-refractivity contribution in [1.82, 2.24) is 4.98 Å². The molecular formula is C12H22N4O. The Morgan fingerprint density at radius 1 is 1.24 bits per heavy atom. The molecule has 1 heterocycles. The van der Waals surface area contributed by atoms with Gasteiger partial charge >= 0.3 is 0 Å². The smallest absolute Gasteiger partial charge is 0.149 e. The molecular weight excluding hydrogens is 216 g/mol. The van der Waals surface area contributed by atoms with Crippen molar-refractivity contribution in [3.8, 4) is 0 Å². The van der Waals surface area contributed by atoms with Gasteiger partial charge in [0, 0.05) is 19.8 Å². The zero-order valence-corrected chi connectivity index (χ0v) is 10.4. The molecule has 0 unspecified atom stereocenters. The average Bonchev–Trinajstić information content (AvgIpc) is 2.32. The van der Waals surface area contributed by atoms with Crippen molar-refractivity contribution in [2.24, 2.45) is 0 Å². The van der Waals surface area contributed by atoms with E-state index in [1.165, 1.54) is 6.42 Å². The topological polar surface area (TPSA) is 86.2 Å². The van der Waals surface area contributed by atoms with E-state index in [1.54, 1.807) is 6.07 Å². The zero-order valence-electron chi connectivity index (χ0n) is 10.4. The predicted octanol–water partition coefficient (Wildman–Crippen LogP) is 1.86. The Morgan fingerprint density at radius 2 is 2.00 bits per heavy atom. The highest BCUT2D eigenvalue weighted by Gasteiger charge is 1.98. The lowest BCUT2D eigenvalue weighted by atomic mass is 10.3. The summed E-state index contributed by atoms with van der Waals surface area (Å²) in [5.74, 6) is 1.12. The number of anilines is 3. The predicted molar refractivity (Wildman–Crippen MR) is 71.9 cm³/mol. The fourth-order valence-corrected chi connectivity index (χ4v) is 1.32. The van der Waals surface area contributed by atoms with Gasteiger partial charge in [0.2, 0.25) is 0 Å². The quantitative estimate of drug-likeness (QED) is 0.602. The largest absolute Gasteiger partial charge is 0.396 e. The van der Waals surface area contributed by atoms with Gasteiger partial charge in [-0.2, -0.15) is 0 Å². The first-order valence-electron chi connectivity index (χ1n) is 6.07. The number of aromatic nitrogens is 1. The van der Waals surface area contributed by atoms with Crippen LogP contribution in [0.1, 0.15) is 26.2 Å². The first-order chi connectivity index (χ1) is 8.24. The summed E-state index contributed by atoms with van der Waals surface area (Å²) in [6, 6.07) is 3.58. The summed E-state index contributed by atoms with van der Waals surface area (Å²) < 4.78 is 5.45. The van der Waals surface area contributed by atoms with E-state index in [4.69, 9.17) is 16.2 Å². The summed E-state index contributed by atoms with van der Waals surface area (Å²) in [4.78, 5) is 4.12. The summed E-state index contributed by atoms with van der Waals surface area (Å²) in [5, 5.41) is 3.18. The van der Waals surface area contributed by atoms with Gasteiger partial charge in [-0.05, 0) is 25.0 Å². The molecule has 0 radical (unpaired) electrons. The third-order valence-electron chi connectivity index (χ3n) is 2.37. The third-order valence-corrected chi connectivity index (χ3v) is 2.37. The molecule has 0 atom stereocenters. The van der Waals surface area contributed by atoms with Gasteiger partial charge in [0.25, 0.3) is 0 Å². The molecule has 1 aromatic rings. The van der Waals surface area contributed by atoms with Crippen molar-refractivity contribution >= 4 is 17.3 Å². The van der Waals surface area contributed by atoms with Crippen molar-refractivity contribution in [2.75, 3.05) is 36.5 Å². The highest BCUT2D eigenvalue weighted by atomic mass is 16.5. The maximum Gasteiger partial charge on any atom is 0.149 e. The molecule has 0 aliphatic heterocycles. The highest BCUT2D eigenvalue weighted by molar-refractivity contribution is 5.61. The Morgan fingerprint density at radius 3 is 2.71 bits per heavy atom. The van der Waals surface area contributed by atoms with Gasteiger partial charge in [-0.3, -0.25) is 0 Å². The van der Waals surface area contributed by atoms with E-state index in [9.17, 15) is 0 Å². The number of rotatable bonds is 8. The van der Waals surface area contributed by atoms with Gasteiger partial charge < -0.3 is 21.5 Å². The number of pyridine rings is 1. The van der Waals surface area contributed by atoms with Crippen LogP contribution in [0, 0.1) is 0 Å². The maximum atomic E-state index is 5.61. The molecule has 0 saturated carbocycles. The lowest BCUT2D eigenvalue weighted by molar-refractivity contribution is 0.131. The first kappa shape index (κ1) is 13.6. The van der Waals surface area contributed by atoms with Crippen LogP contribution in [-0.2, 0) is 4.74 Å². The fraction of sp³-hybridized carbons (Fsp3) is 0.583. The minimum Gasteiger partial charge on any atom is -0.396 e. The van der Waals surface area contributed by atoms with Crippen molar-refractivity contribution in [1.29, 1.82) is 0 Å². The number of nitrogens with zero attached hydrogens (tertiary/aromatic N) is 1. The van der Waals surface area contributed by atoms with Crippen LogP contribution in [0.15, 0.2) is 12.1 Å². The maximum absolute atomic E-state index is 5.61. The second-order valence-electron chi connectivity index (χ2n) is 3.92. The molecule has 96 valence electrons. The van der Waals surface area contributed by atoms with Crippen molar-refractivity contribution in [3.63, 3.8) is 0 Å². The van der Waals surface area contributed by atoms with Gasteiger partial charge in [-0.1, -0.05) is 13.3 Å². The summed E-state index contributed by atoms with van der Waals surface area (Å²) in [7, 11) is 0. The number of nitrogen functional groups attached to an aromatic ring is 2. The fourth-order valence-electron chi connectivity index (χ4n) is 1.32. The van der Waals surface area contributed by atoms with E-state index in [2.05, 4.69) is 17.2 Å². The third kappa shape index (κ3) is 5.40. The van der Waals surface area contributed by atoms with Crippen LogP contribution in [0.5, 0.6) is 0 Å². The summed E-state index contributed by atoms with van der Waals surface area (Å²) in [5.41, 5.74) is 11.7. The summed E-state index contributed by atoms with van der Waals surface area (Å²) >= 11 is 0. The molecule has 0 fully saturated rings. The molecule has 0 saturated heterocycles. The van der Waals surface area contributed by atoms with Crippen molar-refractivity contribution in [3.05, 3.63) is 12.1 Å². The second-order valence-corrected chi connectivity index (χ2v) is 3.92. The molecule has 1 rings (SSSR count). The Labute approximate surface area is 103 Å². The van der Waals surface area contributed by atoms with E-state index >= 15 is 0 Å². The molecule has 0 amide bonds. The minimum absolute atomic E-state index is 0.370. The van der Waals surface area contributed by atoms with Crippen LogP contribution in [0.3, 0.4) is 0 Å². The molecule has 0 bridgehead atoms. The van der Waals surface area contributed by atoms with Crippen LogP contribution >= 0.6 is 0 Å². The van der Waals surface area contributed by atoms with Gasteiger partial charge in [0.05, 0.1) is 5.69 Å². The van der Waals surface area contributed by atoms with Crippen molar-refractivity contribution < 1.29 is 4.74 Å². The lowest BCUT2D eigenvalue weighted by Crippen LogP contribution is -2.08. The Balaban J connectivity index is 2.11. The van der Waals surface area contributed by atoms with Crippen molar-refractivity contribution in [2.45, 2.75) is 26.2 Å². The highest BCUT2D eigenvalue weighted by Crippen LogP contribution is 2.14. The van der Waals surface area contributed by atoms with E-state index in [0.29, 0.717) is 11.5 Å². The molecule has 5 nitrogen and oxygen atoms in total. The van der Waals surface area contributed by atoms with E-state index in [0.717, 1.165) is 38.4 Å². The lowest BCUT2D eigenvalue weighted by Gasteiger charge is -2.07. The van der Waals surface area contributed by atoms with Gasteiger partial charge in [0.15, 0.2) is 0 Å². The zero-order chi connectivity index (χ0) is 12.5. The number of nitrogens with two attached hydrogens (primary N) is 2. The number of hydrogen-bond donors (Lipinski definition) is 3. The van der Waals surface area contributed by atoms with Gasteiger partial charge in [0.1, 0.15) is 11.6 Å². The number of unbranched alkanes of at least 4 members (excludes halogenated alkanes) is 1. The Bertz CT molecular complexity index is 330. The summed E-state index contributed by atoms with van der Waals surface area (Å²) in [6.45, 7) is 4.60. The van der Waals surface area contributed by atoms with Gasteiger partial charge in [-0.15, -0.1) is 0 Å². The van der Waals surface area contributed by atoms with Crippen LogP contribution in [0.25, 0.3) is 0 Å². The average molecular weight is 238 g/mol.